The Morgan fingerprint density at radius 2 is 2.15 bits per heavy atom. The van der Waals surface area contributed by atoms with E-state index in [1.165, 1.54) is 43.8 Å². The van der Waals surface area contributed by atoms with Crippen molar-refractivity contribution in [3.63, 3.8) is 0 Å². The second-order valence-electron chi connectivity index (χ2n) is 4.08. The van der Waals surface area contributed by atoms with Crippen LogP contribution >= 0.6 is 0 Å². The van der Waals surface area contributed by atoms with E-state index < -0.39 is 11.6 Å². The first-order chi connectivity index (χ1) is 9.65. The van der Waals surface area contributed by atoms with Crippen LogP contribution in [0.1, 0.15) is 0 Å². The molecule has 0 N–H and O–H groups in total. The molecule has 0 bridgehead atoms. The lowest BCUT2D eigenvalue weighted by Crippen LogP contribution is -2.09. The largest absolute Gasteiger partial charge is 0.437 e. The molecule has 0 saturated carbocycles. The Bertz CT molecular complexity index is 811. The van der Waals surface area contributed by atoms with Crippen LogP contribution in [0.2, 0.25) is 0 Å². The third-order valence-corrected chi connectivity index (χ3v) is 2.74. The summed E-state index contributed by atoms with van der Waals surface area (Å²) < 4.78 is 19.9. The molecule has 0 aliphatic heterocycles. The summed E-state index contributed by atoms with van der Waals surface area (Å²) >= 11 is 0. The Kier molecular flexibility index (Phi) is 2.86. The average Bonchev–Trinajstić information content (AvgIpc) is 2.80. The highest BCUT2D eigenvalue weighted by Crippen LogP contribution is 2.25. The van der Waals surface area contributed by atoms with E-state index in [1.807, 2.05) is 0 Å². The highest BCUT2D eigenvalue weighted by Gasteiger charge is 2.13. The molecule has 0 radical (unpaired) electrons. The quantitative estimate of drug-likeness (QED) is 0.709. The molecule has 0 aliphatic carbocycles. The van der Waals surface area contributed by atoms with Crippen molar-refractivity contribution in [1.29, 1.82) is 0 Å². The third-order valence-electron chi connectivity index (χ3n) is 2.74. The van der Waals surface area contributed by atoms with Crippen LogP contribution in [-0.4, -0.2) is 19.7 Å². The molecule has 2 aromatic heterocycles. The van der Waals surface area contributed by atoms with Gasteiger partial charge >= 0.3 is 5.76 Å². The van der Waals surface area contributed by atoms with E-state index in [-0.39, 0.29) is 11.5 Å². The summed E-state index contributed by atoms with van der Waals surface area (Å²) in [4.78, 5) is 19.2. The van der Waals surface area contributed by atoms with E-state index in [2.05, 4.69) is 15.1 Å². The van der Waals surface area contributed by atoms with Crippen LogP contribution in [0.25, 0.3) is 22.7 Å². The molecule has 0 aliphatic rings. The van der Waals surface area contributed by atoms with Crippen LogP contribution < -0.4 is 5.76 Å². The fourth-order valence-corrected chi connectivity index (χ4v) is 1.76. The molecule has 2 heterocycles. The second-order valence-corrected chi connectivity index (χ2v) is 4.08. The molecule has 20 heavy (non-hydrogen) atoms. The zero-order chi connectivity index (χ0) is 14.1. The van der Waals surface area contributed by atoms with Crippen molar-refractivity contribution in [3.05, 3.63) is 53.2 Å². The zero-order valence-electron chi connectivity index (χ0n) is 10.4. The van der Waals surface area contributed by atoms with Gasteiger partial charge in [-0.1, -0.05) is 0 Å². The van der Waals surface area contributed by atoms with Crippen molar-refractivity contribution < 1.29 is 8.81 Å². The lowest BCUT2D eigenvalue weighted by atomic mass is 10.1. The van der Waals surface area contributed by atoms with Gasteiger partial charge in [0, 0.05) is 30.6 Å². The number of benzene rings is 1. The van der Waals surface area contributed by atoms with E-state index in [0.29, 0.717) is 11.3 Å². The number of rotatable bonds is 2. The number of nitrogens with zero attached hydrogens (tertiary/aromatic N) is 4. The molecular weight excluding hydrogens is 263 g/mol. The van der Waals surface area contributed by atoms with E-state index in [1.54, 1.807) is 0 Å². The first kappa shape index (κ1) is 12.2. The molecular formula is C13H9FN4O2. The zero-order valence-corrected chi connectivity index (χ0v) is 10.4. The first-order valence-corrected chi connectivity index (χ1v) is 5.75. The standard InChI is InChI=1S/C13H9FN4O2/c1-18-13(19)20-12(17-18)8-2-3-10(14)9(6-8)11-7-15-4-5-16-11/h2-7H,1H3. The summed E-state index contributed by atoms with van der Waals surface area (Å²) in [6.07, 6.45) is 4.43. The molecule has 0 atom stereocenters. The average molecular weight is 272 g/mol. The molecule has 0 saturated heterocycles. The minimum atomic E-state index is -0.578. The smallest absolute Gasteiger partial charge is 0.388 e. The maximum atomic E-state index is 13.9. The van der Waals surface area contributed by atoms with Gasteiger partial charge in [0.05, 0.1) is 11.9 Å². The minimum absolute atomic E-state index is 0.127. The summed E-state index contributed by atoms with van der Waals surface area (Å²) in [5, 5.41) is 3.92. The van der Waals surface area contributed by atoms with Crippen LogP contribution in [0.15, 0.2) is 46.0 Å². The van der Waals surface area contributed by atoms with Crippen LogP contribution in [-0.2, 0) is 7.05 Å². The van der Waals surface area contributed by atoms with E-state index in [0.717, 1.165) is 4.68 Å². The number of hydrogen-bond acceptors (Lipinski definition) is 5. The molecule has 0 amide bonds. The summed E-state index contributed by atoms with van der Waals surface area (Å²) in [5.41, 5.74) is 1.15. The van der Waals surface area contributed by atoms with Gasteiger partial charge in [0.2, 0.25) is 5.89 Å². The monoisotopic (exact) mass is 272 g/mol. The van der Waals surface area contributed by atoms with Gasteiger partial charge in [-0.25, -0.2) is 9.18 Å². The summed E-state index contributed by atoms with van der Waals surface area (Å²) in [6, 6.07) is 4.28. The van der Waals surface area contributed by atoms with E-state index in [9.17, 15) is 9.18 Å². The molecule has 1 aromatic carbocycles. The summed E-state index contributed by atoms with van der Waals surface area (Å²) in [6.45, 7) is 0. The first-order valence-electron chi connectivity index (χ1n) is 5.75. The van der Waals surface area contributed by atoms with Gasteiger partial charge in [-0.15, -0.1) is 5.10 Å². The highest BCUT2D eigenvalue weighted by molar-refractivity contribution is 5.67. The highest BCUT2D eigenvalue weighted by atomic mass is 19.1. The Morgan fingerprint density at radius 3 is 2.80 bits per heavy atom. The molecule has 3 rings (SSSR count). The molecule has 100 valence electrons. The normalized spacial score (nSPS) is 10.7. The van der Waals surface area contributed by atoms with Crippen LogP contribution in [0.3, 0.4) is 0 Å². The third kappa shape index (κ3) is 2.09. The van der Waals surface area contributed by atoms with Crippen molar-refractivity contribution in [2.75, 3.05) is 0 Å². The lowest BCUT2D eigenvalue weighted by Gasteiger charge is -2.03. The topological polar surface area (TPSA) is 73.8 Å². The van der Waals surface area contributed by atoms with Crippen molar-refractivity contribution in [2.45, 2.75) is 0 Å². The van der Waals surface area contributed by atoms with Crippen LogP contribution in [0.5, 0.6) is 0 Å². The fraction of sp³-hybridized carbons (Fsp3) is 0.0769. The lowest BCUT2D eigenvalue weighted by molar-refractivity contribution is 0.505. The molecule has 3 aromatic rings. The van der Waals surface area contributed by atoms with Crippen molar-refractivity contribution >= 4 is 0 Å². The number of halogens is 1. The van der Waals surface area contributed by atoms with Gasteiger partial charge in [-0.05, 0) is 18.2 Å². The molecule has 6 nitrogen and oxygen atoms in total. The maximum absolute atomic E-state index is 13.9. The summed E-state index contributed by atoms with van der Waals surface area (Å²) in [5.74, 6) is -0.888. The minimum Gasteiger partial charge on any atom is -0.388 e. The van der Waals surface area contributed by atoms with Gasteiger partial charge in [-0.2, -0.15) is 4.68 Å². The summed E-state index contributed by atoms with van der Waals surface area (Å²) in [7, 11) is 1.47. The predicted octanol–water partition coefficient (Wildman–Crippen LogP) is 1.64. The van der Waals surface area contributed by atoms with Gasteiger partial charge < -0.3 is 4.42 Å². The SMILES string of the molecule is Cn1nc(-c2ccc(F)c(-c3cnccn3)c2)oc1=O. The second kappa shape index (κ2) is 4.69. The number of aromatic nitrogens is 4. The predicted molar refractivity (Wildman–Crippen MR) is 68.2 cm³/mol. The van der Waals surface area contributed by atoms with Crippen molar-refractivity contribution in [3.8, 4) is 22.7 Å². The maximum Gasteiger partial charge on any atom is 0.437 e. The molecule has 7 heteroatoms. The van der Waals surface area contributed by atoms with Gasteiger partial charge in [0.1, 0.15) is 5.82 Å². The number of hydrogen-bond donors (Lipinski definition) is 0. The Hall–Kier alpha value is -2.83. The van der Waals surface area contributed by atoms with Crippen LogP contribution in [0, 0.1) is 5.82 Å². The van der Waals surface area contributed by atoms with E-state index >= 15 is 0 Å². The van der Waals surface area contributed by atoms with Gasteiger partial charge in [0.25, 0.3) is 0 Å². The van der Waals surface area contributed by atoms with E-state index in [4.69, 9.17) is 4.42 Å². The van der Waals surface area contributed by atoms with Gasteiger partial charge in [-0.3, -0.25) is 9.97 Å². The molecule has 0 spiro atoms. The van der Waals surface area contributed by atoms with Crippen molar-refractivity contribution in [1.82, 2.24) is 19.7 Å². The Morgan fingerprint density at radius 1 is 1.30 bits per heavy atom. The van der Waals surface area contributed by atoms with Crippen LogP contribution in [0.4, 0.5) is 4.39 Å². The fourth-order valence-electron chi connectivity index (χ4n) is 1.76. The van der Waals surface area contributed by atoms with Gasteiger partial charge in [0.15, 0.2) is 0 Å². The van der Waals surface area contributed by atoms with Crippen molar-refractivity contribution in [2.24, 2.45) is 7.05 Å². The Balaban J connectivity index is 2.14. The Labute approximate surface area is 112 Å². The number of aryl methyl sites for hydroxylation is 1. The molecule has 0 unspecified atom stereocenters. The molecule has 0 fully saturated rings.